The number of hydrogen-bond acceptors (Lipinski definition) is 7. The van der Waals surface area contributed by atoms with E-state index in [0.29, 0.717) is 12.3 Å². The van der Waals surface area contributed by atoms with E-state index in [4.69, 9.17) is 4.74 Å². The summed E-state index contributed by atoms with van der Waals surface area (Å²) < 4.78 is 5.91. The molecule has 29 heavy (non-hydrogen) atoms. The van der Waals surface area contributed by atoms with Gasteiger partial charge in [0.1, 0.15) is 5.75 Å². The molecule has 2 N–H and O–H groups in total. The molecule has 0 spiro atoms. The van der Waals surface area contributed by atoms with Gasteiger partial charge in [0.05, 0.1) is 12.9 Å². The smallest absolute Gasteiger partial charge is 0.230 e. The van der Waals surface area contributed by atoms with Crippen LogP contribution in [0.3, 0.4) is 0 Å². The van der Waals surface area contributed by atoms with Gasteiger partial charge in [-0.3, -0.25) is 4.79 Å². The maximum Gasteiger partial charge on any atom is 0.230 e. The molecule has 0 fully saturated rings. The van der Waals surface area contributed by atoms with E-state index >= 15 is 0 Å². The van der Waals surface area contributed by atoms with Crippen LogP contribution in [0.25, 0.3) is 0 Å². The molecule has 1 amide bonds. The molecule has 0 saturated carbocycles. The molecular formula is C21H24N4O2S2. The van der Waals surface area contributed by atoms with E-state index in [0.717, 1.165) is 32.9 Å². The molecule has 1 heterocycles. The van der Waals surface area contributed by atoms with Crippen LogP contribution in [0.2, 0.25) is 0 Å². The number of carbonyl (C=O) groups is 1. The van der Waals surface area contributed by atoms with Crippen LogP contribution in [0.4, 0.5) is 10.8 Å². The van der Waals surface area contributed by atoms with Crippen LogP contribution < -0.4 is 15.4 Å². The molecule has 6 nitrogen and oxygen atoms in total. The Morgan fingerprint density at radius 1 is 1.14 bits per heavy atom. The molecule has 0 unspecified atom stereocenters. The van der Waals surface area contributed by atoms with Crippen LogP contribution in [0.5, 0.6) is 5.75 Å². The van der Waals surface area contributed by atoms with Crippen LogP contribution in [0, 0.1) is 13.8 Å². The molecule has 3 aromatic rings. The predicted molar refractivity (Wildman–Crippen MR) is 120 cm³/mol. The third kappa shape index (κ3) is 6.20. The number of ether oxygens (including phenoxy) is 1. The molecule has 0 saturated heterocycles. The van der Waals surface area contributed by atoms with Crippen molar-refractivity contribution >= 4 is 39.8 Å². The Morgan fingerprint density at radius 3 is 2.69 bits per heavy atom. The summed E-state index contributed by atoms with van der Waals surface area (Å²) in [5.41, 5.74) is 4.59. The molecule has 0 radical (unpaired) electrons. The largest absolute Gasteiger partial charge is 0.497 e. The monoisotopic (exact) mass is 428 g/mol. The number of hydrogen-bond donors (Lipinski definition) is 2. The minimum Gasteiger partial charge on any atom is -0.497 e. The molecule has 8 heteroatoms. The zero-order chi connectivity index (χ0) is 20.6. The van der Waals surface area contributed by atoms with E-state index in [1.54, 1.807) is 7.11 Å². The molecule has 0 aliphatic carbocycles. The van der Waals surface area contributed by atoms with Crippen LogP contribution in [0.1, 0.15) is 16.7 Å². The van der Waals surface area contributed by atoms with Gasteiger partial charge < -0.3 is 15.4 Å². The van der Waals surface area contributed by atoms with Crippen molar-refractivity contribution in [1.29, 1.82) is 0 Å². The highest BCUT2D eigenvalue weighted by atomic mass is 32.2. The highest BCUT2D eigenvalue weighted by Crippen LogP contribution is 2.29. The zero-order valence-electron chi connectivity index (χ0n) is 16.7. The van der Waals surface area contributed by atoms with Gasteiger partial charge in [0, 0.05) is 12.2 Å². The summed E-state index contributed by atoms with van der Waals surface area (Å²) in [6.45, 7) is 4.75. The topological polar surface area (TPSA) is 76.1 Å². The van der Waals surface area contributed by atoms with Crippen molar-refractivity contribution in [3.63, 3.8) is 0 Å². The molecule has 0 bridgehead atoms. The number of rotatable bonds is 9. The van der Waals surface area contributed by atoms with Crippen LogP contribution in [0.15, 0.2) is 46.8 Å². The summed E-state index contributed by atoms with van der Waals surface area (Å²) in [4.78, 5) is 12.1. The second-order valence-electron chi connectivity index (χ2n) is 6.48. The van der Waals surface area contributed by atoms with Crippen LogP contribution in [-0.2, 0) is 11.2 Å². The summed E-state index contributed by atoms with van der Waals surface area (Å²) >= 11 is 2.84. The number of aromatic nitrogens is 2. The Morgan fingerprint density at radius 2 is 1.93 bits per heavy atom. The fourth-order valence-electron chi connectivity index (χ4n) is 2.64. The molecule has 0 aliphatic rings. The average Bonchev–Trinajstić information content (AvgIpc) is 3.18. The van der Waals surface area contributed by atoms with Crippen LogP contribution >= 0.6 is 23.1 Å². The SMILES string of the molecule is COc1ccc(CCNC(=O)CSc2nnc(Nc3cccc(C)c3C)s2)cc1. The number of benzene rings is 2. The Kier molecular flexibility index (Phi) is 7.48. The van der Waals surface area contributed by atoms with Crippen molar-refractivity contribution in [3.8, 4) is 5.75 Å². The molecule has 152 valence electrons. The number of anilines is 2. The van der Waals surface area contributed by atoms with Crippen molar-refractivity contribution in [2.24, 2.45) is 0 Å². The quantitative estimate of drug-likeness (QED) is 0.493. The first-order valence-electron chi connectivity index (χ1n) is 9.24. The van der Waals surface area contributed by atoms with Gasteiger partial charge in [-0.2, -0.15) is 0 Å². The molecule has 1 aromatic heterocycles. The van der Waals surface area contributed by atoms with Crippen molar-refractivity contribution < 1.29 is 9.53 Å². The number of amides is 1. The normalized spacial score (nSPS) is 10.6. The number of carbonyl (C=O) groups excluding carboxylic acids is 1. The fraction of sp³-hybridized carbons (Fsp3) is 0.286. The maximum absolute atomic E-state index is 12.1. The van der Waals surface area contributed by atoms with Gasteiger partial charge in [-0.15, -0.1) is 10.2 Å². The zero-order valence-corrected chi connectivity index (χ0v) is 18.3. The van der Waals surface area contributed by atoms with Gasteiger partial charge in [-0.05, 0) is 55.2 Å². The van der Waals surface area contributed by atoms with Gasteiger partial charge in [0.25, 0.3) is 0 Å². The number of thioether (sulfide) groups is 1. The number of methoxy groups -OCH3 is 1. The third-order valence-electron chi connectivity index (χ3n) is 4.47. The van der Waals surface area contributed by atoms with E-state index < -0.39 is 0 Å². The van der Waals surface area contributed by atoms with Gasteiger partial charge in [-0.1, -0.05) is 47.4 Å². The summed E-state index contributed by atoms with van der Waals surface area (Å²) in [6, 6.07) is 14.0. The number of aryl methyl sites for hydroxylation is 1. The van der Waals surface area contributed by atoms with E-state index in [1.807, 2.05) is 36.4 Å². The Balaban J connectivity index is 1.41. The van der Waals surface area contributed by atoms with Gasteiger partial charge in [0.15, 0.2) is 4.34 Å². The van der Waals surface area contributed by atoms with Gasteiger partial charge >= 0.3 is 0 Å². The highest BCUT2D eigenvalue weighted by Gasteiger charge is 2.09. The molecule has 2 aromatic carbocycles. The summed E-state index contributed by atoms with van der Waals surface area (Å²) in [5.74, 6) is 1.14. The summed E-state index contributed by atoms with van der Waals surface area (Å²) in [5, 5.41) is 15.3. The third-order valence-corrected chi connectivity index (χ3v) is 6.45. The van der Waals surface area contributed by atoms with E-state index in [9.17, 15) is 4.79 Å². The number of nitrogens with one attached hydrogen (secondary N) is 2. The van der Waals surface area contributed by atoms with E-state index in [2.05, 4.69) is 40.7 Å². The second kappa shape index (κ2) is 10.3. The maximum atomic E-state index is 12.1. The number of nitrogens with zero attached hydrogens (tertiary/aromatic N) is 2. The Labute approximate surface area is 179 Å². The van der Waals surface area contributed by atoms with Crippen molar-refractivity contribution in [1.82, 2.24) is 15.5 Å². The van der Waals surface area contributed by atoms with Crippen molar-refractivity contribution in [2.45, 2.75) is 24.6 Å². The van der Waals surface area contributed by atoms with Crippen molar-refractivity contribution in [3.05, 3.63) is 59.2 Å². The lowest BCUT2D eigenvalue weighted by Crippen LogP contribution is -2.27. The lowest BCUT2D eigenvalue weighted by Gasteiger charge is -2.08. The molecular weight excluding hydrogens is 404 g/mol. The average molecular weight is 429 g/mol. The first-order valence-corrected chi connectivity index (χ1v) is 11.0. The molecule has 3 rings (SSSR count). The summed E-state index contributed by atoms with van der Waals surface area (Å²) in [7, 11) is 1.65. The minimum atomic E-state index is -0.0113. The minimum absolute atomic E-state index is 0.0113. The predicted octanol–water partition coefficient (Wildman–Crippen LogP) is 4.36. The van der Waals surface area contributed by atoms with Crippen molar-refractivity contribution in [2.75, 3.05) is 24.7 Å². The van der Waals surface area contributed by atoms with Gasteiger partial charge in [0.2, 0.25) is 11.0 Å². The van der Waals surface area contributed by atoms with E-state index in [-0.39, 0.29) is 5.91 Å². The van der Waals surface area contributed by atoms with Gasteiger partial charge in [-0.25, -0.2) is 0 Å². The summed E-state index contributed by atoms with van der Waals surface area (Å²) in [6.07, 6.45) is 0.781. The van der Waals surface area contributed by atoms with E-state index in [1.165, 1.54) is 34.2 Å². The Hall–Kier alpha value is -2.58. The van der Waals surface area contributed by atoms with Crippen LogP contribution in [-0.4, -0.2) is 35.5 Å². The molecule has 0 aliphatic heterocycles. The standard InChI is InChI=1S/C21H24N4O2S2/c1-14-5-4-6-18(15(14)2)23-20-24-25-21(29-20)28-13-19(26)22-12-11-16-7-9-17(27-3)10-8-16/h4-10H,11-13H2,1-3H3,(H,22,26)(H,23,24). The first-order chi connectivity index (χ1) is 14.0. The fourth-order valence-corrected chi connectivity index (χ4v) is 4.23. The molecule has 0 atom stereocenters. The Bertz CT molecular complexity index is 958. The lowest BCUT2D eigenvalue weighted by atomic mass is 10.1. The second-order valence-corrected chi connectivity index (χ2v) is 8.68. The highest BCUT2D eigenvalue weighted by molar-refractivity contribution is 8.01. The first kappa shape index (κ1) is 21.1. The lowest BCUT2D eigenvalue weighted by molar-refractivity contribution is -0.118.